The molecule has 0 aliphatic carbocycles. The van der Waals surface area contributed by atoms with Crippen molar-refractivity contribution in [2.45, 2.75) is 12.8 Å². The lowest BCUT2D eigenvalue weighted by atomic mass is 10.1. The summed E-state index contributed by atoms with van der Waals surface area (Å²) in [6, 6.07) is 3.99. The minimum Gasteiger partial charge on any atom is -0.122 e. The van der Waals surface area contributed by atoms with Gasteiger partial charge in [0.25, 0.3) is 0 Å². The highest BCUT2D eigenvalue weighted by atomic mass is 127. The molecule has 0 aliphatic heterocycles. The zero-order valence-corrected chi connectivity index (χ0v) is 9.67. The fourth-order valence-corrected chi connectivity index (χ4v) is 2.23. The van der Waals surface area contributed by atoms with E-state index < -0.39 is 0 Å². The molecular weight excluding hydrogens is 294 g/mol. The van der Waals surface area contributed by atoms with E-state index in [-0.39, 0.29) is 0 Å². The molecular formula is C8H7Cl2I. The van der Waals surface area contributed by atoms with Crippen LogP contribution in [0.2, 0.25) is 5.02 Å². The van der Waals surface area contributed by atoms with E-state index in [1.54, 1.807) is 0 Å². The topological polar surface area (TPSA) is 0 Å². The minimum absolute atomic E-state index is 0.530. The Kier molecular flexibility index (Phi) is 3.47. The van der Waals surface area contributed by atoms with E-state index in [1.807, 2.05) is 13.0 Å². The van der Waals surface area contributed by atoms with Gasteiger partial charge in [0, 0.05) is 14.5 Å². The Labute approximate surface area is 90.0 Å². The second-order valence-corrected chi connectivity index (χ2v) is 4.23. The Morgan fingerprint density at radius 1 is 1.45 bits per heavy atom. The lowest BCUT2D eigenvalue weighted by molar-refractivity contribution is 1.29. The summed E-state index contributed by atoms with van der Waals surface area (Å²) < 4.78 is 1.13. The van der Waals surface area contributed by atoms with E-state index in [1.165, 1.54) is 0 Å². The minimum atomic E-state index is 0.530. The number of hydrogen-bond acceptors (Lipinski definition) is 0. The third-order valence-electron chi connectivity index (χ3n) is 1.56. The molecule has 0 saturated carbocycles. The maximum atomic E-state index is 5.93. The summed E-state index contributed by atoms with van der Waals surface area (Å²) in [7, 11) is 0. The summed E-state index contributed by atoms with van der Waals surface area (Å²) in [5, 5.41) is 0.799. The molecule has 1 aromatic rings. The van der Waals surface area contributed by atoms with Crippen LogP contribution in [-0.2, 0) is 5.88 Å². The summed E-state index contributed by atoms with van der Waals surface area (Å²) in [5.41, 5.74) is 2.20. The predicted octanol–water partition coefficient (Wildman–Crippen LogP) is 3.99. The number of halogens is 3. The van der Waals surface area contributed by atoms with Crippen molar-refractivity contribution in [3.8, 4) is 0 Å². The number of benzene rings is 1. The van der Waals surface area contributed by atoms with Crippen molar-refractivity contribution in [2.24, 2.45) is 0 Å². The first-order valence-corrected chi connectivity index (χ1v) is 5.14. The van der Waals surface area contributed by atoms with Crippen LogP contribution in [0.3, 0.4) is 0 Å². The SMILES string of the molecule is Cc1c(Cl)cc(I)cc1CCl. The molecule has 0 bridgehead atoms. The third-order valence-corrected chi connectivity index (χ3v) is 2.86. The van der Waals surface area contributed by atoms with E-state index in [0.29, 0.717) is 5.88 Å². The molecule has 0 nitrogen and oxygen atoms in total. The number of hydrogen-bond donors (Lipinski definition) is 0. The van der Waals surface area contributed by atoms with Gasteiger partial charge >= 0.3 is 0 Å². The number of rotatable bonds is 1. The average Bonchev–Trinajstić information content (AvgIpc) is 1.96. The van der Waals surface area contributed by atoms with Gasteiger partial charge in [0.2, 0.25) is 0 Å². The van der Waals surface area contributed by atoms with Gasteiger partial charge in [0.15, 0.2) is 0 Å². The van der Waals surface area contributed by atoms with Gasteiger partial charge in [-0.05, 0) is 52.8 Å². The molecule has 0 spiro atoms. The van der Waals surface area contributed by atoms with Crippen LogP contribution in [0, 0.1) is 10.5 Å². The van der Waals surface area contributed by atoms with Crippen LogP contribution in [0.15, 0.2) is 12.1 Å². The fourth-order valence-electron chi connectivity index (χ4n) is 0.838. The van der Waals surface area contributed by atoms with Crippen LogP contribution in [-0.4, -0.2) is 0 Å². The lowest BCUT2D eigenvalue weighted by Crippen LogP contribution is -1.87. The maximum absolute atomic E-state index is 5.93. The monoisotopic (exact) mass is 300 g/mol. The van der Waals surface area contributed by atoms with Crippen LogP contribution in [0.25, 0.3) is 0 Å². The molecule has 0 radical (unpaired) electrons. The van der Waals surface area contributed by atoms with Crippen molar-refractivity contribution in [3.05, 3.63) is 31.9 Å². The predicted molar refractivity (Wildman–Crippen MR) is 58.5 cm³/mol. The first-order valence-electron chi connectivity index (χ1n) is 3.15. The largest absolute Gasteiger partial charge is 0.122 e. The molecule has 0 heterocycles. The molecule has 0 atom stereocenters. The Morgan fingerprint density at radius 2 is 2.09 bits per heavy atom. The Bertz CT molecular complexity index is 271. The van der Waals surface area contributed by atoms with Gasteiger partial charge in [-0.2, -0.15) is 0 Å². The summed E-state index contributed by atoms with van der Waals surface area (Å²) in [6.07, 6.45) is 0. The summed E-state index contributed by atoms with van der Waals surface area (Å²) in [5.74, 6) is 0.530. The van der Waals surface area contributed by atoms with Crippen LogP contribution < -0.4 is 0 Å². The first kappa shape index (κ1) is 9.62. The van der Waals surface area contributed by atoms with E-state index >= 15 is 0 Å². The fraction of sp³-hybridized carbons (Fsp3) is 0.250. The Morgan fingerprint density at radius 3 is 2.64 bits per heavy atom. The van der Waals surface area contributed by atoms with Gasteiger partial charge in [-0.1, -0.05) is 11.6 Å². The highest BCUT2D eigenvalue weighted by molar-refractivity contribution is 14.1. The molecule has 1 aromatic carbocycles. The summed E-state index contributed by atoms with van der Waals surface area (Å²) in [4.78, 5) is 0. The Balaban J connectivity index is 3.24. The van der Waals surface area contributed by atoms with Gasteiger partial charge in [0.05, 0.1) is 0 Å². The molecule has 3 heteroatoms. The molecule has 0 amide bonds. The van der Waals surface area contributed by atoms with Crippen molar-refractivity contribution in [1.82, 2.24) is 0 Å². The van der Waals surface area contributed by atoms with Crippen molar-refractivity contribution in [1.29, 1.82) is 0 Å². The summed E-state index contributed by atoms with van der Waals surface area (Å²) >= 11 is 13.9. The Hall–Kier alpha value is 0.530. The molecule has 0 N–H and O–H groups in total. The molecule has 1 rings (SSSR count). The smallest absolute Gasteiger partial charge is 0.0477 e. The number of alkyl halides is 1. The maximum Gasteiger partial charge on any atom is 0.0477 e. The molecule has 0 saturated heterocycles. The van der Waals surface area contributed by atoms with E-state index in [2.05, 4.69) is 28.7 Å². The highest BCUT2D eigenvalue weighted by Crippen LogP contribution is 2.23. The molecule has 60 valence electrons. The van der Waals surface area contributed by atoms with Gasteiger partial charge in [-0.3, -0.25) is 0 Å². The zero-order valence-electron chi connectivity index (χ0n) is 6.00. The van der Waals surface area contributed by atoms with Gasteiger partial charge < -0.3 is 0 Å². The lowest BCUT2D eigenvalue weighted by Gasteiger charge is -2.04. The molecule has 11 heavy (non-hydrogen) atoms. The van der Waals surface area contributed by atoms with Crippen LogP contribution >= 0.6 is 45.8 Å². The molecule has 0 fully saturated rings. The summed E-state index contributed by atoms with van der Waals surface area (Å²) in [6.45, 7) is 1.98. The van der Waals surface area contributed by atoms with Crippen molar-refractivity contribution < 1.29 is 0 Å². The van der Waals surface area contributed by atoms with Crippen molar-refractivity contribution in [2.75, 3.05) is 0 Å². The van der Waals surface area contributed by atoms with Gasteiger partial charge in [-0.25, -0.2) is 0 Å². The molecule has 0 unspecified atom stereocenters. The van der Waals surface area contributed by atoms with E-state index in [4.69, 9.17) is 23.2 Å². The van der Waals surface area contributed by atoms with Crippen LogP contribution in [0.4, 0.5) is 0 Å². The first-order chi connectivity index (χ1) is 5.15. The second kappa shape index (κ2) is 3.97. The van der Waals surface area contributed by atoms with Crippen LogP contribution in [0.1, 0.15) is 11.1 Å². The quantitative estimate of drug-likeness (QED) is 0.543. The third kappa shape index (κ3) is 2.23. The van der Waals surface area contributed by atoms with E-state index in [0.717, 1.165) is 19.7 Å². The van der Waals surface area contributed by atoms with Crippen LogP contribution in [0.5, 0.6) is 0 Å². The molecule has 0 aliphatic rings. The standard InChI is InChI=1S/C8H7Cl2I/c1-5-6(4-9)2-7(11)3-8(5)10/h2-3H,4H2,1H3. The second-order valence-electron chi connectivity index (χ2n) is 2.31. The van der Waals surface area contributed by atoms with Crippen molar-refractivity contribution >= 4 is 45.8 Å². The van der Waals surface area contributed by atoms with Gasteiger partial charge in [0.1, 0.15) is 0 Å². The highest BCUT2D eigenvalue weighted by Gasteiger charge is 2.02. The average molecular weight is 301 g/mol. The molecule has 0 aromatic heterocycles. The van der Waals surface area contributed by atoms with Gasteiger partial charge in [-0.15, -0.1) is 11.6 Å². The van der Waals surface area contributed by atoms with Crippen molar-refractivity contribution in [3.63, 3.8) is 0 Å². The normalized spacial score (nSPS) is 10.2. The van der Waals surface area contributed by atoms with E-state index in [9.17, 15) is 0 Å². The zero-order chi connectivity index (χ0) is 8.43.